The van der Waals surface area contributed by atoms with Crippen LogP contribution in [0.5, 0.6) is 23.0 Å². The highest BCUT2D eigenvalue weighted by Crippen LogP contribution is 2.45. The number of hydrogen-bond donors (Lipinski definition) is 2. The summed E-state index contributed by atoms with van der Waals surface area (Å²) < 4.78 is 14.7. The predicted octanol–water partition coefficient (Wildman–Crippen LogP) is 17.6. The highest BCUT2D eigenvalue weighted by molar-refractivity contribution is 5.84. The standard InChI is InChI=1S/C68H76O4/c1-41(45-25-23-43-19-15-17-21-47(43)27-45)71-63-53-29-49-33-57(65(3,4)5)35-51(61(49)69)31-55-39-60(68(12,13)14)40-56(64(55)72-42(2)46-26-24-44-20-16-18-22-48(44)28-46)32-52-36-58(66(6,7)8)34-50(62(52)70)30-54(63)38-59(37-53)67(9,10)11/h15-28,33-42,69-70H,29-32H2,1-14H3/t41-,42-/m1/s1. The molecule has 4 nitrogen and oxygen atoms in total. The first-order chi connectivity index (χ1) is 33.8. The van der Waals surface area contributed by atoms with E-state index < -0.39 is 0 Å². The Morgan fingerprint density at radius 2 is 0.583 bits per heavy atom. The maximum absolute atomic E-state index is 12.9. The van der Waals surface area contributed by atoms with Crippen molar-refractivity contribution < 1.29 is 19.7 Å². The first kappa shape index (κ1) is 50.4. The Balaban J connectivity index is 1.31. The lowest BCUT2D eigenvalue weighted by atomic mass is 9.79. The van der Waals surface area contributed by atoms with Gasteiger partial charge in [-0.25, -0.2) is 0 Å². The van der Waals surface area contributed by atoms with Crippen molar-refractivity contribution in [1.82, 2.24) is 0 Å². The molecule has 1 aliphatic carbocycles. The molecule has 8 aromatic carbocycles. The van der Waals surface area contributed by atoms with E-state index in [0.717, 1.165) is 78.3 Å². The van der Waals surface area contributed by atoms with Gasteiger partial charge in [0.1, 0.15) is 35.2 Å². The van der Waals surface area contributed by atoms with Crippen LogP contribution in [0.3, 0.4) is 0 Å². The van der Waals surface area contributed by atoms with Gasteiger partial charge in [0.25, 0.3) is 0 Å². The number of hydrogen-bond acceptors (Lipinski definition) is 4. The molecule has 8 aromatic rings. The van der Waals surface area contributed by atoms with E-state index in [1.165, 1.54) is 32.7 Å². The second kappa shape index (κ2) is 18.8. The van der Waals surface area contributed by atoms with E-state index >= 15 is 0 Å². The fourth-order valence-electron chi connectivity index (χ4n) is 10.4. The average Bonchev–Trinajstić information content (AvgIpc) is 3.30. The normalized spacial score (nSPS) is 14.3. The Morgan fingerprint density at radius 1 is 0.333 bits per heavy atom. The molecule has 2 atom stereocenters. The van der Waals surface area contributed by atoms with E-state index in [4.69, 9.17) is 9.47 Å². The lowest BCUT2D eigenvalue weighted by molar-refractivity contribution is 0.223. The van der Waals surface area contributed by atoms with Crippen molar-refractivity contribution in [2.75, 3.05) is 0 Å². The summed E-state index contributed by atoms with van der Waals surface area (Å²) in [6.45, 7) is 31.3. The molecular formula is C68H76O4. The van der Waals surface area contributed by atoms with Gasteiger partial charge in [-0.15, -0.1) is 0 Å². The molecule has 0 spiro atoms. The van der Waals surface area contributed by atoms with Crippen LogP contribution in [0.1, 0.15) is 187 Å². The van der Waals surface area contributed by atoms with Crippen LogP contribution in [0.15, 0.2) is 133 Å². The van der Waals surface area contributed by atoms with Gasteiger partial charge in [-0.3, -0.25) is 0 Å². The summed E-state index contributed by atoms with van der Waals surface area (Å²) in [5.74, 6) is 2.16. The van der Waals surface area contributed by atoms with E-state index in [9.17, 15) is 10.2 Å². The largest absolute Gasteiger partial charge is 0.507 e. The van der Waals surface area contributed by atoms with Crippen molar-refractivity contribution >= 4 is 21.5 Å². The predicted molar refractivity (Wildman–Crippen MR) is 301 cm³/mol. The van der Waals surface area contributed by atoms with Gasteiger partial charge in [0.05, 0.1) is 0 Å². The van der Waals surface area contributed by atoms with Crippen LogP contribution >= 0.6 is 0 Å². The minimum Gasteiger partial charge on any atom is -0.507 e. The van der Waals surface area contributed by atoms with Gasteiger partial charge in [0.2, 0.25) is 0 Å². The molecule has 9 rings (SSSR count). The number of aromatic hydroxyl groups is 2. The summed E-state index contributed by atoms with van der Waals surface area (Å²) in [4.78, 5) is 0. The summed E-state index contributed by atoms with van der Waals surface area (Å²) in [5, 5.41) is 30.5. The number of rotatable bonds is 6. The van der Waals surface area contributed by atoms with Gasteiger partial charge in [0.15, 0.2) is 0 Å². The zero-order chi connectivity index (χ0) is 51.7. The van der Waals surface area contributed by atoms with Gasteiger partial charge >= 0.3 is 0 Å². The Kier molecular flexibility index (Phi) is 13.2. The van der Waals surface area contributed by atoms with Crippen LogP contribution in [-0.2, 0) is 47.3 Å². The van der Waals surface area contributed by atoms with Gasteiger partial charge in [-0.05, 0) is 147 Å². The highest BCUT2D eigenvalue weighted by Gasteiger charge is 2.30. The van der Waals surface area contributed by atoms with Crippen molar-refractivity contribution in [3.05, 3.63) is 211 Å². The molecule has 0 radical (unpaired) electrons. The maximum atomic E-state index is 12.9. The Labute approximate surface area is 430 Å². The third-order valence-electron chi connectivity index (χ3n) is 15.1. The van der Waals surface area contributed by atoms with Crippen molar-refractivity contribution in [2.45, 2.75) is 156 Å². The van der Waals surface area contributed by atoms with Gasteiger partial charge in [-0.1, -0.05) is 204 Å². The van der Waals surface area contributed by atoms with Gasteiger partial charge in [-0.2, -0.15) is 0 Å². The fraction of sp³-hybridized carbons (Fsp3) is 0.353. The smallest absolute Gasteiger partial charge is 0.127 e. The third kappa shape index (κ3) is 10.5. The van der Waals surface area contributed by atoms with Crippen LogP contribution in [-0.4, -0.2) is 10.2 Å². The molecule has 0 saturated heterocycles. The van der Waals surface area contributed by atoms with E-state index in [0.29, 0.717) is 37.2 Å². The van der Waals surface area contributed by atoms with Crippen LogP contribution in [0.25, 0.3) is 21.5 Å². The summed E-state index contributed by atoms with van der Waals surface area (Å²) in [5.41, 5.74) is 13.4. The molecule has 4 heteroatoms. The topological polar surface area (TPSA) is 58.9 Å². The van der Waals surface area contributed by atoms with Crippen LogP contribution in [0, 0.1) is 0 Å². The SMILES string of the molecule is C[C@@H](Oc1c2cc(C(C)(C)C)cc1Cc1cc(C(C)(C)C)cc(c1O)Cc1cc(C(C)(C)C)cc(c1O[C@H](C)c1ccc3ccccc3c1)Cc1cc(C(C)(C)C)cc(c1O)C2)c1ccc2ccccc2c1. The van der Waals surface area contributed by atoms with E-state index in [1.54, 1.807) is 0 Å². The van der Waals surface area contributed by atoms with Crippen molar-refractivity contribution in [3.63, 3.8) is 0 Å². The molecule has 0 amide bonds. The molecule has 72 heavy (non-hydrogen) atoms. The molecular weight excluding hydrogens is 881 g/mol. The first-order valence-corrected chi connectivity index (χ1v) is 26.1. The zero-order valence-electron chi connectivity index (χ0n) is 45.4. The van der Waals surface area contributed by atoms with Gasteiger partial charge in [0, 0.05) is 25.7 Å². The van der Waals surface area contributed by atoms with E-state index in [2.05, 4.69) is 230 Å². The van der Waals surface area contributed by atoms with Crippen molar-refractivity contribution in [2.24, 2.45) is 0 Å². The van der Waals surface area contributed by atoms with E-state index in [1.807, 2.05) is 0 Å². The number of ether oxygens (including phenoxy) is 2. The highest BCUT2D eigenvalue weighted by atomic mass is 16.5. The van der Waals surface area contributed by atoms with Crippen molar-refractivity contribution in [1.29, 1.82) is 0 Å². The Bertz CT molecular complexity index is 3020. The summed E-state index contributed by atoms with van der Waals surface area (Å²) in [7, 11) is 0. The van der Waals surface area contributed by atoms with E-state index in [-0.39, 0.29) is 33.9 Å². The van der Waals surface area contributed by atoms with Crippen molar-refractivity contribution in [3.8, 4) is 23.0 Å². The second-order valence-electron chi connectivity index (χ2n) is 25.0. The molecule has 0 heterocycles. The average molecular weight is 957 g/mol. The second-order valence-corrected chi connectivity index (χ2v) is 25.0. The number of benzene rings is 8. The number of phenolic OH excluding ortho intramolecular Hbond substituents is 2. The summed E-state index contributed by atoms with van der Waals surface area (Å²) in [6, 6.07) is 48.1. The molecule has 0 saturated carbocycles. The quantitative estimate of drug-likeness (QED) is 0.174. The lowest BCUT2D eigenvalue weighted by Crippen LogP contribution is -2.17. The minimum atomic E-state index is -0.300. The van der Waals surface area contributed by atoms with Crippen LogP contribution < -0.4 is 9.47 Å². The zero-order valence-corrected chi connectivity index (χ0v) is 45.4. The Morgan fingerprint density at radius 3 is 0.847 bits per heavy atom. The van der Waals surface area contributed by atoms with Gasteiger partial charge < -0.3 is 19.7 Å². The molecule has 372 valence electrons. The Hall–Kier alpha value is -6.52. The van der Waals surface area contributed by atoms with Crippen LogP contribution in [0.4, 0.5) is 0 Å². The minimum absolute atomic E-state index is 0.207. The first-order valence-electron chi connectivity index (χ1n) is 26.1. The molecule has 0 fully saturated rings. The number of phenols is 2. The van der Waals surface area contributed by atoms with Crippen LogP contribution in [0.2, 0.25) is 0 Å². The lowest BCUT2D eigenvalue weighted by Gasteiger charge is -2.29. The number of fused-ring (bicyclic) bond motifs is 10. The molecule has 8 bridgehead atoms. The molecule has 0 aliphatic heterocycles. The molecule has 1 aliphatic rings. The molecule has 2 N–H and O–H groups in total. The summed E-state index contributed by atoms with van der Waals surface area (Å²) >= 11 is 0. The summed E-state index contributed by atoms with van der Waals surface area (Å²) in [6.07, 6.45) is 1.15. The third-order valence-corrected chi connectivity index (χ3v) is 15.1. The molecule has 0 aromatic heterocycles. The fourth-order valence-corrected chi connectivity index (χ4v) is 10.4. The molecule has 0 unspecified atom stereocenters. The maximum Gasteiger partial charge on any atom is 0.127 e. The monoisotopic (exact) mass is 957 g/mol.